The molecule has 0 unspecified atom stereocenters. The molecule has 1 aromatic carbocycles. The van der Waals surface area contributed by atoms with Gasteiger partial charge in [-0.2, -0.15) is 0 Å². The fraction of sp³-hybridized carbons (Fsp3) is 0.438. The highest BCUT2D eigenvalue weighted by molar-refractivity contribution is 5.78. The number of nitrogens with one attached hydrogen (secondary N) is 1. The molecule has 0 bridgehead atoms. The van der Waals surface area contributed by atoms with Crippen molar-refractivity contribution >= 4 is 17.0 Å². The number of hydrogen-bond donors (Lipinski definition) is 1. The Labute approximate surface area is 125 Å². The standard InChI is InChI=1S/C16H22N4O/c1-2-21-13-12-20-15-7-4-3-6-14(15)18-16(20)19-10-5-8-17-9-11-19/h3-8,17H,2,9-13H2,1H3. The molecule has 0 spiro atoms. The second-order valence-electron chi connectivity index (χ2n) is 5.05. The van der Waals surface area contributed by atoms with Crippen LogP contribution in [-0.2, 0) is 11.3 Å². The molecule has 1 aliphatic heterocycles. The van der Waals surface area contributed by atoms with E-state index in [-0.39, 0.29) is 0 Å². The molecule has 0 radical (unpaired) electrons. The van der Waals surface area contributed by atoms with Crippen LogP contribution in [0, 0.1) is 0 Å². The molecule has 0 amide bonds. The zero-order valence-electron chi connectivity index (χ0n) is 12.5. The van der Waals surface area contributed by atoms with E-state index in [0.29, 0.717) is 6.61 Å². The Hall–Kier alpha value is -2.01. The molecule has 1 aliphatic rings. The van der Waals surface area contributed by atoms with Crippen molar-refractivity contribution in [1.29, 1.82) is 0 Å². The Morgan fingerprint density at radius 3 is 3.14 bits per heavy atom. The highest BCUT2D eigenvalue weighted by Gasteiger charge is 2.16. The molecule has 0 saturated carbocycles. The number of aromatic nitrogens is 2. The molecule has 5 heteroatoms. The number of hydrogen-bond acceptors (Lipinski definition) is 4. The molecule has 0 saturated heterocycles. The quantitative estimate of drug-likeness (QED) is 0.854. The molecule has 2 aromatic rings. The summed E-state index contributed by atoms with van der Waals surface area (Å²) in [5.41, 5.74) is 2.22. The van der Waals surface area contributed by atoms with Crippen molar-refractivity contribution in [3.8, 4) is 0 Å². The lowest BCUT2D eigenvalue weighted by Gasteiger charge is -2.22. The lowest BCUT2D eigenvalue weighted by Crippen LogP contribution is -2.31. The molecule has 2 heterocycles. The highest BCUT2D eigenvalue weighted by atomic mass is 16.5. The van der Waals surface area contributed by atoms with Gasteiger partial charge in [-0.3, -0.25) is 0 Å². The SMILES string of the molecule is CCOCCn1c(N2CC=CNCC2)nc2ccccc21. The van der Waals surface area contributed by atoms with Crippen LogP contribution in [-0.4, -0.2) is 42.4 Å². The molecule has 0 atom stereocenters. The van der Waals surface area contributed by atoms with Gasteiger partial charge in [-0.1, -0.05) is 12.1 Å². The number of imidazole rings is 1. The lowest BCUT2D eigenvalue weighted by atomic mass is 10.3. The van der Waals surface area contributed by atoms with Gasteiger partial charge in [0.25, 0.3) is 0 Å². The van der Waals surface area contributed by atoms with E-state index in [9.17, 15) is 0 Å². The highest BCUT2D eigenvalue weighted by Crippen LogP contribution is 2.22. The van der Waals surface area contributed by atoms with E-state index in [0.717, 1.165) is 44.3 Å². The number of nitrogens with zero attached hydrogens (tertiary/aromatic N) is 3. The van der Waals surface area contributed by atoms with E-state index in [1.165, 1.54) is 5.52 Å². The average molecular weight is 286 g/mol. The predicted octanol–water partition coefficient (Wildman–Crippen LogP) is 2.00. The Morgan fingerprint density at radius 2 is 2.24 bits per heavy atom. The van der Waals surface area contributed by atoms with Gasteiger partial charge in [0, 0.05) is 32.8 Å². The largest absolute Gasteiger partial charge is 0.389 e. The van der Waals surface area contributed by atoms with Gasteiger partial charge < -0.3 is 19.5 Å². The fourth-order valence-corrected chi connectivity index (χ4v) is 2.64. The minimum atomic E-state index is 0.714. The van der Waals surface area contributed by atoms with Gasteiger partial charge in [-0.15, -0.1) is 0 Å². The Bertz CT molecular complexity index is 620. The van der Waals surface area contributed by atoms with Crippen molar-refractivity contribution in [3.05, 3.63) is 36.5 Å². The van der Waals surface area contributed by atoms with Crippen molar-refractivity contribution in [2.24, 2.45) is 0 Å². The van der Waals surface area contributed by atoms with E-state index < -0.39 is 0 Å². The van der Waals surface area contributed by atoms with Crippen LogP contribution in [0.5, 0.6) is 0 Å². The second kappa shape index (κ2) is 6.63. The molecule has 1 aromatic heterocycles. The summed E-state index contributed by atoms with van der Waals surface area (Å²) in [6.45, 7) is 7.08. The third-order valence-corrected chi connectivity index (χ3v) is 3.67. The maximum Gasteiger partial charge on any atom is 0.206 e. The predicted molar refractivity (Wildman–Crippen MR) is 85.6 cm³/mol. The fourth-order valence-electron chi connectivity index (χ4n) is 2.64. The smallest absolute Gasteiger partial charge is 0.206 e. The third-order valence-electron chi connectivity index (χ3n) is 3.67. The van der Waals surface area contributed by atoms with Gasteiger partial charge in [-0.05, 0) is 31.3 Å². The van der Waals surface area contributed by atoms with E-state index in [2.05, 4.69) is 39.1 Å². The molecule has 0 aliphatic carbocycles. The van der Waals surface area contributed by atoms with Gasteiger partial charge in [0.15, 0.2) is 0 Å². The van der Waals surface area contributed by atoms with E-state index in [4.69, 9.17) is 9.72 Å². The molecule has 0 fully saturated rings. The molecule has 112 valence electrons. The van der Waals surface area contributed by atoms with Crippen LogP contribution in [0.4, 0.5) is 5.95 Å². The van der Waals surface area contributed by atoms with Crippen molar-refractivity contribution in [3.63, 3.8) is 0 Å². The summed E-state index contributed by atoms with van der Waals surface area (Å²) < 4.78 is 7.80. The van der Waals surface area contributed by atoms with Crippen LogP contribution in [0.15, 0.2) is 36.5 Å². The Balaban J connectivity index is 1.95. The van der Waals surface area contributed by atoms with Crippen LogP contribution in [0.1, 0.15) is 6.92 Å². The van der Waals surface area contributed by atoms with Crippen molar-refractivity contribution in [1.82, 2.24) is 14.9 Å². The number of anilines is 1. The Kier molecular flexibility index (Phi) is 4.40. The van der Waals surface area contributed by atoms with Crippen LogP contribution in [0.2, 0.25) is 0 Å². The molecule has 3 rings (SSSR count). The van der Waals surface area contributed by atoms with E-state index in [1.54, 1.807) is 0 Å². The second-order valence-corrected chi connectivity index (χ2v) is 5.05. The van der Waals surface area contributed by atoms with Crippen LogP contribution >= 0.6 is 0 Å². The molecular formula is C16H22N4O. The number of rotatable bonds is 5. The minimum Gasteiger partial charge on any atom is -0.389 e. The zero-order valence-corrected chi connectivity index (χ0v) is 12.5. The van der Waals surface area contributed by atoms with Gasteiger partial charge in [-0.25, -0.2) is 4.98 Å². The first-order valence-corrected chi connectivity index (χ1v) is 7.56. The minimum absolute atomic E-state index is 0.714. The summed E-state index contributed by atoms with van der Waals surface area (Å²) in [5.74, 6) is 1.03. The van der Waals surface area contributed by atoms with Crippen LogP contribution < -0.4 is 10.2 Å². The topological polar surface area (TPSA) is 42.3 Å². The van der Waals surface area contributed by atoms with Crippen molar-refractivity contribution in [2.75, 3.05) is 37.7 Å². The normalized spacial score (nSPS) is 15.2. The van der Waals surface area contributed by atoms with E-state index >= 15 is 0 Å². The zero-order chi connectivity index (χ0) is 14.5. The molecular weight excluding hydrogens is 264 g/mol. The number of benzene rings is 1. The lowest BCUT2D eigenvalue weighted by molar-refractivity contribution is 0.140. The summed E-state index contributed by atoms with van der Waals surface area (Å²) in [7, 11) is 0. The maximum absolute atomic E-state index is 5.53. The first-order chi connectivity index (χ1) is 10.4. The van der Waals surface area contributed by atoms with Gasteiger partial charge >= 0.3 is 0 Å². The van der Waals surface area contributed by atoms with Gasteiger partial charge in [0.2, 0.25) is 5.95 Å². The Morgan fingerprint density at radius 1 is 1.33 bits per heavy atom. The molecule has 21 heavy (non-hydrogen) atoms. The summed E-state index contributed by atoms with van der Waals surface area (Å²) in [6, 6.07) is 8.30. The number of ether oxygens (including phenoxy) is 1. The average Bonchev–Trinajstić information content (AvgIpc) is 2.70. The number of para-hydroxylation sites is 2. The van der Waals surface area contributed by atoms with E-state index in [1.807, 2.05) is 19.2 Å². The first kappa shape index (κ1) is 13.9. The first-order valence-electron chi connectivity index (χ1n) is 7.56. The van der Waals surface area contributed by atoms with Crippen molar-refractivity contribution in [2.45, 2.75) is 13.5 Å². The monoisotopic (exact) mass is 286 g/mol. The summed E-state index contributed by atoms with van der Waals surface area (Å²) in [6.07, 6.45) is 4.16. The summed E-state index contributed by atoms with van der Waals surface area (Å²) in [5, 5.41) is 3.27. The van der Waals surface area contributed by atoms with Gasteiger partial charge in [0.1, 0.15) is 0 Å². The number of fused-ring (bicyclic) bond motifs is 1. The van der Waals surface area contributed by atoms with Crippen LogP contribution in [0.3, 0.4) is 0 Å². The maximum atomic E-state index is 5.53. The molecule has 1 N–H and O–H groups in total. The summed E-state index contributed by atoms with van der Waals surface area (Å²) in [4.78, 5) is 7.14. The van der Waals surface area contributed by atoms with Crippen LogP contribution in [0.25, 0.3) is 11.0 Å². The van der Waals surface area contributed by atoms with Crippen molar-refractivity contribution < 1.29 is 4.74 Å². The third kappa shape index (κ3) is 3.03. The van der Waals surface area contributed by atoms with Gasteiger partial charge in [0.05, 0.1) is 17.6 Å². The molecule has 5 nitrogen and oxygen atoms in total. The summed E-state index contributed by atoms with van der Waals surface area (Å²) >= 11 is 0.